The fraction of sp³-hybridized carbons (Fsp3) is 0.286. The van der Waals surface area contributed by atoms with Gasteiger partial charge in [-0.2, -0.15) is 5.10 Å². The van der Waals surface area contributed by atoms with Crippen LogP contribution in [0.3, 0.4) is 0 Å². The minimum Gasteiger partial charge on any atom is -0.442 e. The van der Waals surface area contributed by atoms with E-state index in [0.29, 0.717) is 17.1 Å². The monoisotopic (exact) mass is 352 g/mol. The molecule has 2 N–H and O–H groups in total. The second kappa shape index (κ2) is 5.91. The molecule has 0 saturated carbocycles. The molecule has 0 radical (unpaired) electrons. The number of hydrogen-bond donors (Lipinski definition) is 2. The van der Waals surface area contributed by atoms with Gasteiger partial charge in [-0.15, -0.1) is 11.3 Å². The number of aryl methyl sites for hydroxylation is 2. The fourth-order valence-corrected chi connectivity index (χ4v) is 3.59. The van der Waals surface area contributed by atoms with Gasteiger partial charge in [0.25, 0.3) is 10.0 Å². The lowest BCUT2D eigenvalue weighted by molar-refractivity contribution is 0.454. The molecule has 7 nitrogen and oxygen atoms in total. The molecule has 0 amide bonds. The van der Waals surface area contributed by atoms with Crippen molar-refractivity contribution in [3.05, 3.63) is 39.5 Å². The van der Waals surface area contributed by atoms with Crippen molar-refractivity contribution in [2.45, 2.75) is 32.4 Å². The number of thiazole rings is 1. The highest BCUT2D eigenvalue weighted by molar-refractivity contribution is 7.89. The average Bonchev–Trinajstić information content (AvgIpc) is 3.20. The van der Waals surface area contributed by atoms with E-state index in [1.165, 1.54) is 17.4 Å². The summed E-state index contributed by atoms with van der Waals surface area (Å²) in [4.78, 5) is 4.22. The van der Waals surface area contributed by atoms with Crippen molar-refractivity contribution in [1.82, 2.24) is 19.9 Å². The van der Waals surface area contributed by atoms with Gasteiger partial charge in [-0.25, -0.2) is 18.1 Å². The Morgan fingerprint density at radius 1 is 1.30 bits per heavy atom. The molecule has 0 aromatic carbocycles. The first-order valence-electron chi connectivity index (χ1n) is 6.89. The fourth-order valence-electron chi connectivity index (χ4n) is 2.05. The predicted octanol–water partition coefficient (Wildman–Crippen LogP) is 2.53. The smallest absolute Gasteiger partial charge is 0.274 e. The number of furan rings is 1. The van der Waals surface area contributed by atoms with Crippen molar-refractivity contribution in [2.75, 3.05) is 0 Å². The summed E-state index contributed by atoms with van der Waals surface area (Å²) in [5.74, 6) is 0.414. The third-order valence-electron chi connectivity index (χ3n) is 3.44. The third kappa shape index (κ3) is 3.21. The molecule has 0 bridgehead atoms. The molecule has 3 heterocycles. The lowest BCUT2D eigenvalue weighted by atomic mass is 10.2. The maximum Gasteiger partial charge on any atom is 0.274 e. The summed E-state index contributed by atoms with van der Waals surface area (Å²) in [6.07, 6.45) is 0. The van der Waals surface area contributed by atoms with Crippen LogP contribution < -0.4 is 4.72 Å². The molecule has 3 aromatic heterocycles. The molecule has 0 aliphatic rings. The molecule has 0 spiro atoms. The third-order valence-corrected chi connectivity index (χ3v) is 5.54. The number of aromatic amines is 1. The number of nitrogens with one attached hydrogen (secondary N) is 2. The summed E-state index contributed by atoms with van der Waals surface area (Å²) in [5, 5.41) is 9.56. The number of H-pyrrole nitrogens is 1. The molecular formula is C14H16N4O3S2. The lowest BCUT2D eigenvalue weighted by Crippen LogP contribution is -2.22. The second-order valence-corrected chi connectivity index (χ2v) is 7.88. The molecule has 0 unspecified atom stereocenters. The van der Waals surface area contributed by atoms with Gasteiger partial charge in [0.1, 0.15) is 5.69 Å². The van der Waals surface area contributed by atoms with Gasteiger partial charge in [0.05, 0.1) is 17.2 Å². The van der Waals surface area contributed by atoms with Crippen LogP contribution in [0.15, 0.2) is 27.0 Å². The van der Waals surface area contributed by atoms with Gasteiger partial charge in [-0.05, 0) is 32.9 Å². The maximum atomic E-state index is 12.3. The Morgan fingerprint density at radius 3 is 2.70 bits per heavy atom. The number of aromatic nitrogens is 3. The van der Waals surface area contributed by atoms with Gasteiger partial charge in [0.2, 0.25) is 5.09 Å². The quantitative estimate of drug-likeness (QED) is 0.735. The number of hydrogen-bond acceptors (Lipinski definition) is 6. The molecule has 9 heteroatoms. The Morgan fingerprint density at radius 2 is 2.09 bits per heavy atom. The SMILES string of the molecule is Cc1nc(CNS(=O)(=O)c2ccc(-c3n[nH]c(C)c3C)o2)cs1. The zero-order valence-corrected chi connectivity index (χ0v) is 14.5. The summed E-state index contributed by atoms with van der Waals surface area (Å²) in [6.45, 7) is 5.79. The summed E-state index contributed by atoms with van der Waals surface area (Å²) in [6, 6.07) is 3.03. The minimum atomic E-state index is -3.73. The van der Waals surface area contributed by atoms with Crippen LogP contribution in [0.2, 0.25) is 0 Å². The van der Waals surface area contributed by atoms with Crippen LogP contribution in [-0.2, 0) is 16.6 Å². The topological polar surface area (TPSA) is 101 Å². The molecule has 0 aliphatic carbocycles. The largest absolute Gasteiger partial charge is 0.442 e. The van der Waals surface area contributed by atoms with Gasteiger partial charge < -0.3 is 4.42 Å². The maximum absolute atomic E-state index is 12.3. The molecule has 122 valence electrons. The van der Waals surface area contributed by atoms with Crippen molar-refractivity contribution in [1.29, 1.82) is 0 Å². The van der Waals surface area contributed by atoms with E-state index in [2.05, 4.69) is 19.9 Å². The first-order chi connectivity index (χ1) is 10.9. The van der Waals surface area contributed by atoms with E-state index in [-0.39, 0.29) is 11.6 Å². The molecule has 0 atom stereocenters. The number of rotatable bonds is 5. The van der Waals surface area contributed by atoms with Crippen molar-refractivity contribution in [2.24, 2.45) is 0 Å². The van der Waals surface area contributed by atoms with Crippen molar-refractivity contribution >= 4 is 21.4 Å². The molecule has 3 aromatic rings. The van der Waals surface area contributed by atoms with Crippen LogP contribution in [0.5, 0.6) is 0 Å². The van der Waals surface area contributed by atoms with E-state index in [1.54, 1.807) is 6.07 Å². The van der Waals surface area contributed by atoms with Crippen LogP contribution >= 0.6 is 11.3 Å². The summed E-state index contributed by atoms with van der Waals surface area (Å²) in [5.41, 5.74) is 3.13. The zero-order chi connectivity index (χ0) is 16.6. The molecule has 23 heavy (non-hydrogen) atoms. The predicted molar refractivity (Wildman–Crippen MR) is 86.6 cm³/mol. The molecule has 0 saturated heterocycles. The normalized spacial score (nSPS) is 12.0. The van der Waals surface area contributed by atoms with E-state index in [1.807, 2.05) is 26.2 Å². The highest BCUT2D eigenvalue weighted by Gasteiger charge is 2.21. The van der Waals surface area contributed by atoms with Crippen LogP contribution in [0.25, 0.3) is 11.5 Å². The van der Waals surface area contributed by atoms with Crippen LogP contribution in [0.4, 0.5) is 0 Å². The Kier molecular flexibility index (Phi) is 4.09. The Balaban J connectivity index is 1.80. The van der Waals surface area contributed by atoms with E-state index in [9.17, 15) is 8.42 Å². The second-order valence-electron chi connectivity index (χ2n) is 5.12. The van der Waals surface area contributed by atoms with Gasteiger partial charge in [-0.3, -0.25) is 5.10 Å². The molecule has 0 fully saturated rings. The molecular weight excluding hydrogens is 336 g/mol. The first kappa shape index (κ1) is 15.9. The zero-order valence-electron chi connectivity index (χ0n) is 12.9. The van der Waals surface area contributed by atoms with Gasteiger partial charge >= 0.3 is 0 Å². The molecule has 0 aliphatic heterocycles. The van der Waals surface area contributed by atoms with Crippen molar-refractivity contribution in [3.63, 3.8) is 0 Å². The van der Waals surface area contributed by atoms with Crippen LogP contribution in [0, 0.1) is 20.8 Å². The average molecular weight is 352 g/mol. The van der Waals surface area contributed by atoms with E-state index < -0.39 is 10.0 Å². The summed E-state index contributed by atoms with van der Waals surface area (Å²) >= 11 is 1.47. The Hall–Kier alpha value is -1.97. The lowest BCUT2D eigenvalue weighted by Gasteiger charge is -2.02. The number of nitrogens with zero attached hydrogens (tertiary/aromatic N) is 2. The van der Waals surface area contributed by atoms with Crippen LogP contribution in [0.1, 0.15) is 22.0 Å². The van der Waals surface area contributed by atoms with Gasteiger partial charge in [0.15, 0.2) is 5.76 Å². The minimum absolute atomic E-state index is 0.128. The van der Waals surface area contributed by atoms with Crippen molar-refractivity contribution < 1.29 is 12.8 Å². The van der Waals surface area contributed by atoms with E-state index in [0.717, 1.165) is 16.3 Å². The van der Waals surface area contributed by atoms with E-state index >= 15 is 0 Å². The number of sulfonamides is 1. The Labute approximate surface area is 137 Å². The van der Waals surface area contributed by atoms with Crippen molar-refractivity contribution in [3.8, 4) is 11.5 Å². The highest BCUT2D eigenvalue weighted by atomic mass is 32.2. The first-order valence-corrected chi connectivity index (χ1v) is 9.25. The highest BCUT2D eigenvalue weighted by Crippen LogP contribution is 2.26. The van der Waals surface area contributed by atoms with Crippen LogP contribution in [-0.4, -0.2) is 23.6 Å². The van der Waals surface area contributed by atoms with E-state index in [4.69, 9.17) is 4.42 Å². The summed E-state index contributed by atoms with van der Waals surface area (Å²) in [7, 11) is -3.73. The standard InChI is InChI=1S/C14H16N4O3S2/c1-8-9(2)17-18-14(8)12-4-5-13(21-12)23(19,20)15-6-11-7-22-10(3)16-11/h4-5,7,15H,6H2,1-3H3,(H,17,18). The van der Waals surface area contributed by atoms with Gasteiger partial charge in [-0.1, -0.05) is 0 Å². The molecule has 3 rings (SSSR count). The van der Waals surface area contributed by atoms with Gasteiger partial charge in [0, 0.05) is 16.6 Å². The summed E-state index contributed by atoms with van der Waals surface area (Å²) < 4.78 is 32.5. The Bertz CT molecular complexity index is 937.